The smallest absolute Gasteiger partial charge is 1.00 e. The first-order chi connectivity index (χ1) is 25.2. The Hall–Kier alpha value is -2.86. The van der Waals surface area contributed by atoms with Crippen molar-refractivity contribution in [2.24, 2.45) is 0 Å². The number of halogens is 8. The molecule has 0 atom stereocenters. The summed E-state index contributed by atoms with van der Waals surface area (Å²) in [5.41, 5.74) is 12.4. The van der Waals surface area contributed by atoms with Crippen molar-refractivity contribution in [1.82, 2.24) is 0 Å². The molecule has 306 valence electrons. The van der Waals surface area contributed by atoms with E-state index in [0.29, 0.717) is 8.62 Å². The summed E-state index contributed by atoms with van der Waals surface area (Å²) in [5.74, 6) is 0. The van der Waals surface area contributed by atoms with Gasteiger partial charge in [-0.15, -0.1) is 5.56 Å². The molecule has 0 saturated heterocycles. The van der Waals surface area contributed by atoms with Crippen LogP contribution in [0.25, 0.3) is 11.1 Å². The van der Waals surface area contributed by atoms with Crippen LogP contribution in [0, 0.1) is 13.0 Å². The van der Waals surface area contributed by atoms with Crippen LogP contribution in [0.4, 0.5) is 26.3 Å². The number of aryl methyl sites for hydroxylation is 2. The quantitative estimate of drug-likeness (QED) is 0.125. The van der Waals surface area contributed by atoms with E-state index < -0.39 is 23.5 Å². The zero-order chi connectivity index (χ0) is 41.3. The fourth-order valence-electron chi connectivity index (χ4n) is 6.56. The molecule has 5 aromatic carbocycles. The number of hydrogen-bond donors (Lipinski definition) is 0. The molecule has 0 aromatic heterocycles. The van der Waals surface area contributed by atoms with Gasteiger partial charge in [-0.05, 0) is 17.4 Å². The summed E-state index contributed by atoms with van der Waals surface area (Å²) >= 11 is 0.729. The van der Waals surface area contributed by atoms with E-state index in [1.165, 1.54) is 74.3 Å². The van der Waals surface area contributed by atoms with E-state index in [9.17, 15) is 26.3 Å². The second-order valence-electron chi connectivity index (χ2n) is 17.4. The van der Waals surface area contributed by atoms with Crippen LogP contribution in [0.15, 0.2) is 91.0 Å². The third kappa shape index (κ3) is 13.1. The third-order valence-electron chi connectivity index (χ3n) is 9.79. The van der Waals surface area contributed by atoms with Gasteiger partial charge in [-0.3, -0.25) is 0 Å². The Kier molecular flexibility index (Phi) is 16.8. The van der Waals surface area contributed by atoms with Gasteiger partial charge < -0.3 is 24.8 Å². The van der Waals surface area contributed by atoms with Crippen LogP contribution in [0.3, 0.4) is 0 Å². The van der Waals surface area contributed by atoms with Crippen molar-refractivity contribution in [2.45, 2.75) is 118 Å². The van der Waals surface area contributed by atoms with Crippen LogP contribution in [0.5, 0.6) is 0 Å². The van der Waals surface area contributed by atoms with Crippen LogP contribution >= 0.6 is 0 Å². The molecular formula is C48H52Cl2F6Zr-2. The predicted octanol–water partition coefficient (Wildman–Crippen LogP) is 8.07. The van der Waals surface area contributed by atoms with Gasteiger partial charge in [0.25, 0.3) is 0 Å². The van der Waals surface area contributed by atoms with Crippen molar-refractivity contribution in [3.05, 3.63) is 158 Å². The molecule has 0 heterocycles. The van der Waals surface area contributed by atoms with Crippen molar-refractivity contribution in [2.75, 3.05) is 0 Å². The van der Waals surface area contributed by atoms with E-state index in [4.69, 9.17) is 0 Å². The van der Waals surface area contributed by atoms with E-state index >= 15 is 0 Å². The minimum absolute atomic E-state index is 0. The first-order valence-electron chi connectivity index (χ1n) is 18.6. The zero-order valence-electron chi connectivity index (χ0n) is 34.6. The molecule has 57 heavy (non-hydrogen) atoms. The fourth-order valence-corrected chi connectivity index (χ4v) is 7.32. The Balaban J connectivity index is 0.000000302. The monoisotopic (exact) mass is 902 g/mol. The Morgan fingerprint density at radius 2 is 1.12 bits per heavy atom. The van der Waals surface area contributed by atoms with Crippen molar-refractivity contribution in [1.29, 1.82) is 0 Å². The summed E-state index contributed by atoms with van der Waals surface area (Å²) < 4.78 is 76.7. The van der Waals surface area contributed by atoms with Gasteiger partial charge in [-0.1, -0.05) is 123 Å². The Bertz CT molecular complexity index is 2010. The summed E-state index contributed by atoms with van der Waals surface area (Å²) in [4.78, 5) is 0. The predicted molar refractivity (Wildman–Crippen MR) is 212 cm³/mol. The van der Waals surface area contributed by atoms with Gasteiger partial charge in [-0.2, -0.15) is 52.1 Å². The first kappa shape index (κ1) is 50.3. The summed E-state index contributed by atoms with van der Waals surface area (Å²) in [6, 6.07) is 28.9. The molecule has 0 saturated carbocycles. The van der Waals surface area contributed by atoms with Crippen molar-refractivity contribution >= 4 is 3.21 Å². The van der Waals surface area contributed by atoms with Gasteiger partial charge in [0, 0.05) is 0 Å². The topological polar surface area (TPSA) is 0 Å². The molecule has 1 aliphatic rings. The van der Waals surface area contributed by atoms with Gasteiger partial charge in [0.15, 0.2) is 0 Å². The zero-order valence-corrected chi connectivity index (χ0v) is 38.6. The molecule has 5 aromatic rings. The Labute approximate surface area is 363 Å². The van der Waals surface area contributed by atoms with Crippen LogP contribution in [0.1, 0.15) is 130 Å². The molecule has 0 aliphatic heterocycles. The third-order valence-corrected chi connectivity index (χ3v) is 11.2. The Morgan fingerprint density at radius 3 is 1.54 bits per heavy atom. The molecule has 0 bridgehead atoms. The van der Waals surface area contributed by atoms with E-state index in [1.807, 2.05) is 0 Å². The summed E-state index contributed by atoms with van der Waals surface area (Å²) in [7, 11) is 0. The number of rotatable bonds is 3. The molecule has 0 fully saturated rings. The molecule has 0 nitrogen and oxygen atoms in total. The number of fused-ring (bicyclic) bond motifs is 3. The second-order valence-corrected chi connectivity index (χ2v) is 18.7. The summed E-state index contributed by atoms with van der Waals surface area (Å²) in [6.45, 7) is 24.9. The maximum absolute atomic E-state index is 12.7. The number of hydrogen-bond acceptors (Lipinski definition) is 0. The van der Waals surface area contributed by atoms with E-state index in [2.05, 4.69) is 125 Å². The van der Waals surface area contributed by atoms with Crippen molar-refractivity contribution < 1.29 is 75.4 Å². The molecule has 0 N–H and O–H groups in total. The normalized spacial score (nSPS) is 12.5. The Morgan fingerprint density at radius 1 is 0.632 bits per heavy atom. The van der Waals surface area contributed by atoms with Crippen LogP contribution in [0.2, 0.25) is 0 Å². The largest absolute Gasteiger partial charge is 1.00 e. The molecule has 6 rings (SSSR count). The van der Waals surface area contributed by atoms with E-state index in [0.717, 1.165) is 61.3 Å². The maximum Gasteiger partial charge on any atom is -1.00 e. The average Bonchev–Trinajstić information content (AvgIpc) is 3.66. The van der Waals surface area contributed by atoms with Crippen molar-refractivity contribution in [3.63, 3.8) is 0 Å². The van der Waals surface area contributed by atoms with Gasteiger partial charge in [0.1, 0.15) is 0 Å². The van der Waals surface area contributed by atoms with Crippen LogP contribution in [-0.2, 0) is 65.7 Å². The molecule has 0 amide bonds. The van der Waals surface area contributed by atoms with Gasteiger partial charge >= 0.3 is 137 Å². The van der Waals surface area contributed by atoms with Gasteiger partial charge in [0.05, 0.1) is 0 Å². The first-order valence-corrected chi connectivity index (χ1v) is 19.8. The number of benzene rings is 4. The van der Waals surface area contributed by atoms with Gasteiger partial charge in [0.2, 0.25) is 0 Å². The van der Waals surface area contributed by atoms with Crippen molar-refractivity contribution in [3.8, 4) is 11.1 Å². The summed E-state index contributed by atoms with van der Waals surface area (Å²) in [6.07, 6.45) is -6.79. The number of alkyl halides is 6. The molecule has 0 unspecified atom stereocenters. The minimum Gasteiger partial charge on any atom is -1.00 e. The van der Waals surface area contributed by atoms with Gasteiger partial charge in [-0.25, -0.2) is 6.07 Å². The van der Waals surface area contributed by atoms with Crippen LogP contribution in [-0.4, -0.2) is 3.21 Å². The van der Waals surface area contributed by atoms with Crippen LogP contribution < -0.4 is 24.8 Å². The minimum atomic E-state index is -4.49. The molecular weight excluding hydrogens is 853 g/mol. The second kappa shape index (κ2) is 19.0. The average molecular weight is 905 g/mol. The summed E-state index contributed by atoms with van der Waals surface area (Å²) in [5, 5.41) is 0. The molecule has 0 radical (unpaired) electrons. The van der Waals surface area contributed by atoms with E-state index in [-0.39, 0.29) is 46.8 Å². The fraction of sp³-hybridized carbons (Fsp3) is 0.375. The SMILES string of the molecule is CC(C)(C)c1c[c-]c2c(c1)-c1cc(C(C)(C)C)ccc1C2.CCc1[cH-]c(C)cc1C(C)(C)C.FC(F)(F)c1cccc([C](=[Zr+2])c2cccc(C(F)(F)F)c2)c1.[Cl-].[Cl-]. The molecule has 1 aliphatic carbocycles. The van der Waals surface area contributed by atoms with E-state index in [1.54, 1.807) is 0 Å². The standard InChI is InChI=1S/C21H25.C15H8F6.C12H19.2ClH.Zr/c1-20(2,3)16-9-7-14-11-15-8-10-17(21(4,5)6)13-19(15)18(14)12-16;16-14(17,18)12-5-1-3-10(8-12)7-11-4-2-6-13(9-11)15(19,20)21;1-6-10-7-9(2)8-11(10)12(3,4)5;;;/h7,9-10,12-13H,11H2,1-6H3;1-6,8-9H;7-8H,6H2,1-5H3;2*1H;/q-1;;-1;;;+2/p-2. The molecule has 0 spiro atoms. The maximum atomic E-state index is 12.7. The molecule has 9 heteroatoms.